The minimum atomic E-state index is -0.221. The van der Waals surface area contributed by atoms with Gasteiger partial charge >= 0.3 is 0 Å². The molecule has 7 heteroatoms. The first-order valence-electron chi connectivity index (χ1n) is 8.34. The number of rotatable bonds is 4. The van der Waals surface area contributed by atoms with Crippen molar-refractivity contribution in [3.63, 3.8) is 0 Å². The molecule has 1 fully saturated rings. The summed E-state index contributed by atoms with van der Waals surface area (Å²) in [6.07, 6.45) is 0. The first-order valence-corrected chi connectivity index (χ1v) is 8.71. The van der Waals surface area contributed by atoms with Crippen LogP contribution in [0.25, 0.3) is 0 Å². The minimum absolute atomic E-state index is 0.221. The molecule has 0 atom stereocenters. The zero-order valence-electron chi connectivity index (χ0n) is 14.5. The number of halogens is 1. The van der Waals surface area contributed by atoms with E-state index in [0.29, 0.717) is 23.2 Å². The number of hydrogen-bond acceptors (Lipinski definition) is 5. The molecule has 25 heavy (non-hydrogen) atoms. The van der Waals surface area contributed by atoms with Crippen LogP contribution in [-0.2, 0) is 6.54 Å². The number of aromatic nitrogens is 2. The highest BCUT2D eigenvalue weighted by atomic mass is 35.5. The van der Waals surface area contributed by atoms with Gasteiger partial charge < -0.3 is 15.1 Å². The Morgan fingerprint density at radius 2 is 1.92 bits per heavy atom. The van der Waals surface area contributed by atoms with Crippen LogP contribution in [0.3, 0.4) is 0 Å². The molecule has 1 saturated heterocycles. The second kappa shape index (κ2) is 7.80. The lowest BCUT2D eigenvalue weighted by Gasteiger charge is -2.32. The Kier molecular flexibility index (Phi) is 5.50. The molecule has 1 N–H and O–H groups in total. The Bertz CT molecular complexity index is 759. The molecule has 0 spiro atoms. The van der Waals surface area contributed by atoms with Gasteiger partial charge in [0.05, 0.1) is 0 Å². The van der Waals surface area contributed by atoms with Crippen LogP contribution in [0.1, 0.15) is 21.7 Å². The highest BCUT2D eigenvalue weighted by Gasteiger charge is 2.19. The van der Waals surface area contributed by atoms with Gasteiger partial charge in [-0.1, -0.05) is 29.8 Å². The third kappa shape index (κ3) is 4.46. The lowest BCUT2D eigenvalue weighted by Crippen LogP contribution is -2.45. The number of anilines is 1. The summed E-state index contributed by atoms with van der Waals surface area (Å²) in [5.74, 6) is 0.400. The predicted octanol–water partition coefficient (Wildman–Crippen LogP) is 2.12. The number of carbonyl (C=O) groups excluding carboxylic acids is 1. The Morgan fingerprint density at radius 1 is 1.20 bits per heavy atom. The van der Waals surface area contributed by atoms with Crippen molar-refractivity contribution in [1.82, 2.24) is 20.2 Å². The van der Waals surface area contributed by atoms with Crippen LogP contribution in [0, 0.1) is 6.92 Å². The van der Waals surface area contributed by atoms with Crippen LogP contribution < -0.4 is 10.2 Å². The SMILES string of the molecule is Cc1cc(C(=O)NCc2ccccc2Cl)nc(N2CCN(C)CC2)n1. The van der Waals surface area contributed by atoms with Crippen molar-refractivity contribution < 1.29 is 4.79 Å². The number of nitrogens with zero attached hydrogens (tertiary/aromatic N) is 4. The number of amides is 1. The highest BCUT2D eigenvalue weighted by Crippen LogP contribution is 2.15. The molecule has 0 bridgehead atoms. The Balaban J connectivity index is 1.71. The Hall–Kier alpha value is -2.18. The normalized spacial score (nSPS) is 15.2. The van der Waals surface area contributed by atoms with Gasteiger partial charge in [-0.3, -0.25) is 4.79 Å². The molecule has 1 aliphatic heterocycles. The summed E-state index contributed by atoms with van der Waals surface area (Å²) in [5.41, 5.74) is 2.04. The van der Waals surface area contributed by atoms with Crippen molar-refractivity contribution in [3.8, 4) is 0 Å². The Labute approximate surface area is 152 Å². The summed E-state index contributed by atoms with van der Waals surface area (Å²) in [6.45, 7) is 5.90. The van der Waals surface area contributed by atoms with Gasteiger partial charge in [0.25, 0.3) is 5.91 Å². The summed E-state index contributed by atoms with van der Waals surface area (Å²) >= 11 is 6.13. The van der Waals surface area contributed by atoms with E-state index in [2.05, 4.69) is 32.1 Å². The number of likely N-dealkylation sites (N-methyl/N-ethyl adjacent to an activating group) is 1. The quantitative estimate of drug-likeness (QED) is 0.906. The standard InChI is InChI=1S/C18H22ClN5O/c1-13-11-16(17(25)20-12-14-5-3-4-6-15(14)19)22-18(21-13)24-9-7-23(2)8-10-24/h3-6,11H,7-10,12H2,1-2H3,(H,20,25). The summed E-state index contributed by atoms with van der Waals surface area (Å²) in [7, 11) is 2.10. The number of piperazine rings is 1. The van der Waals surface area contributed by atoms with Gasteiger partial charge in [0.1, 0.15) is 5.69 Å². The predicted molar refractivity (Wildman–Crippen MR) is 99.1 cm³/mol. The van der Waals surface area contributed by atoms with Crippen LogP contribution in [0.4, 0.5) is 5.95 Å². The molecule has 1 aromatic heterocycles. The number of hydrogen-bond donors (Lipinski definition) is 1. The number of nitrogens with one attached hydrogen (secondary N) is 1. The van der Waals surface area contributed by atoms with Crippen molar-refractivity contribution in [2.45, 2.75) is 13.5 Å². The van der Waals surface area contributed by atoms with Gasteiger partial charge in [-0.05, 0) is 31.7 Å². The van der Waals surface area contributed by atoms with Crippen molar-refractivity contribution in [1.29, 1.82) is 0 Å². The van der Waals surface area contributed by atoms with E-state index < -0.39 is 0 Å². The van der Waals surface area contributed by atoms with Crippen LogP contribution in [0.15, 0.2) is 30.3 Å². The number of aryl methyl sites for hydroxylation is 1. The lowest BCUT2D eigenvalue weighted by atomic mass is 10.2. The Morgan fingerprint density at radius 3 is 2.64 bits per heavy atom. The zero-order valence-corrected chi connectivity index (χ0v) is 15.3. The van der Waals surface area contributed by atoms with Gasteiger partial charge in [-0.15, -0.1) is 0 Å². The first-order chi connectivity index (χ1) is 12.0. The van der Waals surface area contributed by atoms with E-state index in [9.17, 15) is 4.79 Å². The molecule has 2 heterocycles. The van der Waals surface area contributed by atoms with Gasteiger partial charge in [-0.25, -0.2) is 9.97 Å². The maximum absolute atomic E-state index is 12.5. The van der Waals surface area contributed by atoms with Crippen molar-refractivity contribution in [3.05, 3.63) is 52.3 Å². The summed E-state index contributed by atoms with van der Waals surface area (Å²) in [4.78, 5) is 25.8. The molecule has 2 aromatic rings. The van der Waals surface area contributed by atoms with Crippen LogP contribution in [0.2, 0.25) is 5.02 Å². The van der Waals surface area contributed by atoms with Gasteiger partial charge in [0.15, 0.2) is 0 Å². The topological polar surface area (TPSA) is 61.4 Å². The minimum Gasteiger partial charge on any atom is -0.347 e. The zero-order chi connectivity index (χ0) is 17.8. The van der Waals surface area contributed by atoms with E-state index in [-0.39, 0.29) is 5.91 Å². The fourth-order valence-electron chi connectivity index (χ4n) is 2.72. The van der Waals surface area contributed by atoms with E-state index in [1.54, 1.807) is 6.07 Å². The average Bonchev–Trinajstić information content (AvgIpc) is 2.61. The molecule has 1 aliphatic rings. The van der Waals surface area contributed by atoms with Crippen LogP contribution >= 0.6 is 11.6 Å². The fourth-order valence-corrected chi connectivity index (χ4v) is 2.93. The summed E-state index contributed by atoms with van der Waals surface area (Å²) in [5, 5.41) is 3.52. The largest absolute Gasteiger partial charge is 0.347 e. The first kappa shape index (κ1) is 17.6. The van der Waals surface area contributed by atoms with E-state index in [4.69, 9.17) is 11.6 Å². The number of benzene rings is 1. The molecule has 132 valence electrons. The van der Waals surface area contributed by atoms with Crippen LogP contribution in [-0.4, -0.2) is 54.0 Å². The lowest BCUT2D eigenvalue weighted by molar-refractivity contribution is 0.0945. The van der Waals surface area contributed by atoms with Crippen molar-refractivity contribution >= 4 is 23.5 Å². The molecule has 0 aliphatic carbocycles. The third-order valence-corrected chi connectivity index (χ3v) is 4.63. The van der Waals surface area contributed by atoms with E-state index in [1.807, 2.05) is 31.2 Å². The molecule has 1 amide bonds. The van der Waals surface area contributed by atoms with E-state index in [1.165, 1.54) is 0 Å². The molecular formula is C18H22ClN5O. The van der Waals surface area contributed by atoms with Crippen LogP contribution in [0.5, 0.6) is 0 Å². The maximum Gasteiger partial charge on any atom is 0.270 e. The van der Waals surface area contributed by atoms with Crippen molar-refractivity contribution in [2.75, 3.05) is 38.1 Å². The average molecular weight is 360 g/mol. The molecule has 0 unspecified atom stereocenters. The highest BCUT2D eigenvalue weighted by molar-refractivity contribution is 6.31. The fraction of sp³-hybridized carbons (Fsp3) is 0.389. The monoisotopic (exact) mass is 359 g/mol. The molecule has 1 aromatic carbocycles. The van der Waals surface area contributed by atoms with E-state index >= 15 is 0 Å². The van der Waals surface area contributed by atoms with Gasteiger partial charge in [0.2, 0.25) is 5.95 Å². The summed E-state index contributed by atoms with van der Waals surface area (Å²) in [6, 6.07) is 9.17. The van der Waals surface area contributed by atoms with Crippen molar-refractivity contribution in [2.24, 2.45) is 0 Å². The van der Waals surface area contributed by atoms with E-state index in [0.717, 1.165) is 37.4 Å². The van der Waals surface area contributed by atoms with Gasteiger partial charge in [-0.2, -0.15) is 0 Å². The van der Waals surface area contributed by atoms with Gasteiger partial charge in [0, 0.05) is 43.4 Å². The number of carbonyl (C=O) groups is 1. The molecule has 3 rings (SSSR count). The maximum atomic E-state index is 12.5. The molecule has 6 nitrogen and oxygen atoms in total. The molecular weight excluding hydrogens is 338 g/mol. The third-order valence-electron chi connectivity index (χ3n) is 4.26. The molecule has 0 radical (unpaired) electrons. The second-order valence-corrected chi connectivity index (χ2v) is 6.67. The smallest absolute Gasteiger partial charge is 0.270 e. The summed E-state index contributed by atoms with van der Waals surface area (Å²) < 4.78 is 0. The second-order valence-electron chi connectivity index (χ2n) is 6.26. The molecule has 0 saturated carbocycles.